The lowest BCUT2D eigenvalue weighted by molar-refractivity contribution is -0.128. The molecule has 5 nitrogen and oxygen atoms in total. The largest absolute Gasteiger partial charge is 0.348 e. The third-order valence-corrected chi connectivity index (χ3v) is 2.85. The summed E-state index contributed by atoms with van der Waals surface area (Å²) in [4.78, 5) is 16.0. The van der Waals surface area contributed by atoms with E-state index in [1.165, 1.54) is 5.56 Å². The molecule has 0 saturated carbocycles. The summed E-state index contributed by atoms with van der Waals surface area (Å²) >= 11 is 0. The lowest BCUT2D eigenvalue weighted by atomic mass is 9.96. The summed E-state index contributed by atoms with van der Waals surface area (Å²) in [5.74, 6) is 0.891. The molecule has 106 valence electrons. The molecule has 0 aliphatic carbocycles. The molecular weight excluding hydrogens is 254 g/mol. The van der Waals surface area contributed by atoms with E-state index in [-0.39, 0.29) is 12.5 Å². The highest BCUT2D eigenvalue weighted by atomic mass is 16.5. The Morgan fingerprint density at radius 2 is 1.90 bits per heavy atom. The number of amides is 1. The van der Waals surface area contributed by atoms with Crippen LogP contribution in [-0.4, -0.2) is 16.0 Å². The average Bonchev–Trinajstić information content (AvgIpc) is 2.84. The van der Waals surface area contributed by atoms with E-state index in [0.717, 1.165) is 5.56 Å². The maximum Gasteiger partial charge on any atom is 0.257 e. The summed E-state index contributed by atoms with van der Waals surface area (Å²) in [6, 6.07) is 7.84. The second-order valence-corrected chi connectivity index (χ2v) is 5.81. The lowest BCUT2D eigenvalue weighted by Crippen LogP contribution is -2.34. The Bertz CT molecular complexity index is 594. The molecule has 0 atom stereocenters. The van der Waals surface area contributed by atoms with Gasteiger partial charge in [-0.1, -0.05) is 43.6 Å². The molecule has 0 fully saturated rings. The first kappa shape index (κ1) is 14.2. The molecule has 1 N–H and O–H groups in total. The van der Waals surface area contributed by atoms with Crippen molar-refractivity contribution < 1.29 is 9.32 Å². The lowest BCUT2D eigenvalue weighted by Gasteiger charge is -2.16. The van der Waals surface area contributed by atoms with Gasteiger partial charge in [0.05, 0.1) is 6.54 Å². The zero-order valence-corrected chi connectivity index (χ0v) is 12.2. The molecule has 0 spiro atoms. The van der Waals surface area contributed by atoms with Crippen LogP contribution in [-0.2, 0) is 11.3 Å². The zero-order valence-electron chi connectivity index (χ0n) is 12.2. The number of aryl methyl sites for hydroxylation is 1. The van der Waals surface area contributed by atoms with E-state index in [2.05, 4.69) is 15.5 Å². The molecule has 5 heteroatoms. The van der Waals surface area contributed by atoms with Crippen LogP contribution in [0, 0.1) is 12.3 Å². The van der Waals surface area contributed by atoms with Crippen LogP contribution in [0.1, 0.15) is 32.2 Å². The number of hydrogen-bond donors (Lipinski definition) is 1. The highest BCUT2D eigenvalue weighted by Crippen LogP contribution is 2.18. The van der Waals surface area contributed by atoms with Gasteiger partial charge in [-0.15, -0.1) is 0 Å². The molecular formula is C15H19N3O2. The maximum absolute atomic E-state index is 11.8. The third-order valence-electron chi connectivity index (χ3n) is 2.85. The second kappa shape index (κ2) is 5.45. The Labute approximate surface area is 118 Å². The molecule has 2 rings (SSSR count). The SMILES string of the molecule is Cc1ccc(-c2nc(CNC(=O)C(C)(C)C)no2)cc1. The molecule has 0 unspecified atom stereocenters. The van der Waals surface area contributed by atoms with E-state index in [4.69, 9.17) is 4.52 Å². The molecule has 1 aromatic heterocycles. The van der Waals surface area contributed by atoms with Gasteiger partial charge in [-0.3, -0.25) is 4.79 Å². The van der Waals surface area contributed by atoms with Crippen LogP contribution in [0.25, 0.3) is 11.5 Å². The molecule has 2 aromatic rings. The zero-order chi connectivity index (χ0) is 14.8. The normalized spacial score (nSPS) is 11.4. The number of nitrogens with zero attached hydrogens (tertiary/aromatic N) is 2. The monoisotopic (exact) mass is 273 g/mol. The fourth-order valence-electron chi connectivity index (χ4n) is 1.56. The van der Waals surface area contributed by atoms with Crippen LogP contribution in [0.15, 0.2) is 28.8 Å². The van der Waals surface area contributed by atoms with E-state index in [1.54, 1.807) is 0 Å². The predicted molar refractivity (Wildman–Crippen MR) is 75.8 cm³/mol. The summed E-state index contributed by atoms with van der Waals surface area (Å²) < 4.78 is 5.20. The van der Waals surface area contributed by atoms with Crippen molar-refractivity contribution in [2.45, 2.75) is 34.2 Å². The topological polar surface area (TPSA) is 68.0 Å². The van der Waals surface area contributed by atoms with Crippen molar-refractivity contribution in [1.29, 1.82) is 0 Å². The van der Waals surface area contributed by atoms with Crippen LogP contribution in [0.2, 0.25) is 0 Å². The maximum atomic E-state index is 11.8. The van der Waals surface area contributed by atoms with Crippen LogP contribution in [0.4, 0.5) is 0 Å². The van der Waals surface area contributed by atoms with Crippen LogP contribution >= 0.6 is 0 Å². The fourth-order valence-corrected chi connectivity index (χ4v) is 1.56. The highest BCUT2D eigenvalue weighted by Gasteiger charge is 2.21. The van der Waals surface area contributed by atoms with E-state index < -0.39 is 5.41 Å². The van der Waals surface area contributed by atoms with Crippen LogP contribution in [0.5, 0.6) is 0 Å². The quantitative estimate of drug-likeness (QED) is 0.933. The van der Waals surface area contributed by atoms with Crippen LogP contribution in [0.3, 0.4) is 0 Å². The summed E-state index contributed by atoms with van der Waals surface area (Å²) in [6.07, 6.45) is 0. The summed E-state index contributed by atoms with van der Waals surface area (Å²) in [5, 5.41) is 6.66. The first-order valence-corrected chi connectivity index (χ1v) is 6.54. The Morgan fingerprint density at radius 3 is 2.50 bits per heavy atom. The molecule has 1 heterocycles. The van der Waals surface area contributed by atoms with E-state index in [0.29, 0.717) is 11.7 Å². The van der Waals surface area contributed by atoms with Gasteiger partial charge in [-0.2, -0.15) is 4.98 Å². The van der Waals surface area contributed by atoms with Crippen molar-refractivity contribution in [3.05, 3.63) is 35.7 Å². The van der Waals surface area contributed by atoms with E-state index in [9.17, 15) is 4.79 Å². The van der Waals surface area contributed by atoms with E-state index in [1.807, 2.05) is 52.0 Å². The Kier molecular flexibility index (Phi) is 3.88. The Hall–Kier alpha value is -2.17. The van der Waals surface area contributed by atoms with Gasteiger partial charge in [0.2, 0.25) is 5.91 Å². The smallest absolute Gasteiger partial charge is 0.257 e. The number of hydrogen-bond acceptors (Lipinski definition) is 4. The predicted octanol–water partition coefficient (Wildman–Crippen LogP) is 2.71. The van der Waals surface area contributed by atoms with Gasteiger partial charge >= 0.3 is 0 Å². The number of rotatable bonds is 3. The Morgan fingerprint density at radius 1 is 1.25 bits per heavy atom. The van der Waals surface area contributed by atoms with Gasteiger partial charge in [0.1, 0.15) is 0 Å². The highest BCUT2D eigenvalue weighted by molar-refractivity contribution is 5.81. The van der Waals surface area contributed by atoms with Gasteiger partial charge in [-0.05, 0) is 19.1 Å². The van der Waals surface area contributed by atoms with Crippen molar-refractivity contribution in [3.63, 3.8) is 0 Å². The van der Waals surface area contributed by atoms with Crippen molar-refractivity contribution in [2.24, 2.45) is 5.41 Å². The van der Waals surface area contributed by atoms with Gasteiger partial charge in [0.25, 0.3) is 5.89 Å². The first-order valence-electron chi connectivity index (χ1n) is 6.54. The molecule has 0 radical (unpaired) electrons. The Balaban J connectivity index is 2.03. The number of aromatic nitrogens is 2. The minimum absolute atomic E-state index is 0.0424. The van der Waals surface area contributed by atoms with Gasteiger partial charge in [0.15, 0.2) is 5.82 Å². The molecule has 0 aliphatic rings. The standard InChI is InChI=1S/C15H19N3O2/c1-10-5-7-11(8-6-10)13-17-12(18-20-13)9-16-14(19)15(2,3)4/h5-8H,9H2,1-4H3,(H,16,19). The average molecular weight is 273 g/mol. The number of carbonyl (C=O) groups is 1. The van der Waals surface area contributed by atoms with Gasteiger partial charge < -0.3 is 9.84 Å². The van der Waals surface area contributed by atoms with Crippen molar-refractivity contribution >= 4 is 5.91 Å². The molecule has 1 amide bonds. The summed E-state index contributed by atoms with van der Waals surface area (Å²) in [5.41, 5.74) is 1.62. The van der Waals surface area contributed by atoms with Crippen molar-refractivity contribution in [1.82, 2.24) is 15.5 Å². The molecule has 0 aliphatic heterocycles. The van der Waals surface area contributed by atoms with Crippen molar-refractivity contribution in [3.8, 4) is 11.5 Å². The first-order chi connectivity index (χ1) is 9.36. The summed E-state index contributed by atoms with van der Waals surface area (Å²) in [6.45, 7) is 7.86. The van der Waals surface area contributed by atoms with Gasteiger partial charge in [0, 0.05) is 11.0 Å². The fraction of sp³-hybridized carbons (Fsp3) is 0.400. The number of carbonyl (C=O) groups excluding carboxylic acids is 1. The second-order valence-electron chi connectivity index (χ2n) is 5.81. The third kappa shape index (κ3) is 3.44. The van der Waals surface area contributed by atoms with Gasteiger partial charge in [-0.25, -0.2) is 0 Å². The minimum Gasteiger partial charge on any atom is -0.348 e. The summed E-state index contributed by atoms with van der Waals surface area (Å²) in [7, 11) is 0. The molecule has 0 bridgehead atoms. The number of nitrogens with one attached hydrogen (secondary N) is 1. The molecule has 0 saturated heterocycles. The van der Waals surface area contributed by atoms with Crippen molar-refractivity contribution in [2.75, 3.05) is 0 Å². The molecule has 20 heavy (non-hydrogen) atoms. The molecule has 1 aromatic carbocycles. The van der Waals surface area contributed by atoms with E-state index >= 15 is 0 Å². The number of benzene rings is 1. The van der Waals surface area contributed by atoms with Crippen LogP contribution < -0.4 is 5.32 Å². The minimum atomic E-state index is -0.427.